The van der Waals surface area contributed by atoms with Gasteiger partial charge < -0.3 is 15.8 Å². The van der Waals surface area contributed by atoms with E-state index in [1.165, 1.54) is 13.0 Å². The van der Waals surface area contributed by atoms with Gasteiger partial charge in [-0.25, -0.2) is 9.59 Å². The van der Waals surface area contributed by atoms with Gasteiger partial charge in [0.05, 0.1) is 0 Å². The lowest BCUT2D eigenvalue weighted by Crippen LogP contribution is -2.48. The summed E-state index contributed by atoms with van der Waals surface area (Å²) in [4.78, 5) is 46.6. The van der Waals surface area contributed by atoms with Crippen LogP contribution >= 0.6 is 0 Å². The first-order valence-corrected chi connectivity index (χ1v) is 8.05. The van der Waals surface area contributed by atoms with Crippen LogP contribution in [0.5, 0.6) is 0 Å². The van der Waals surface area contributed by atoms with Crippen LogP contribution in [-0.2, 0) is 19.1 Å². The highest BCUT2D eigenvalue weighted by atomic mass is 16.5. The number of benzene rings is 1. The highest BCUT2D eigenvalue weighted by Crippen LogP contribution is 2.08. The Morgan fingerprint density at radius 1 is 1.08 bits per heavy atom. The fourth-order valence-electron chi connectivity index (χ4n) is 1.97. The van der Waals surface area contributed by atoms with Gasteiger partial charge in [-0.2, -0.15) is 0 Å². The van der Waals surface area contributed by atoms with E-state index in [1.807, 2.05) is 35.6 Å². The lowest BCUT2D eigenvalue weighted by molar-refractivity contribution is -0.160. The van der Waals surface area contributed by atoms with Crippen LogP contribution in [0.25, 0.3) is 6.08 Å². The lowest BCUT2D eigenvalue weighted by atomic mass is 10.1. The molecule has 0 bridgehead atoms. The maximum atomic E-state index is 12.1. The molecule has 1 aromatic rings. The maximum Gasteiger partial charge on any atom is 0.329 e. The largest absolute Gasteiger partial charge is 0.450 e. The van der Waals surface area contributed by atoms with E-state index < -0.39 is 36.0 Å². The Bertz CT molecular complexity index is 685. The minimum Gasteiger partial charge on any atom is -0.450 e. The number of amides is 4. The molecular formula is C18H23N3O5. The number of imide groups is 1. The number of rotatable bonds is 7. The van der Waals surface area contributed by atoms with Crippen molar-refractivity contribution in [1.82, 2.24) is 10.6 Å². The van der Waals surface area contributed by atoms with Crippen LogP contribution in [0.15, 0.2) is 36.4 Å². The van der Waals surface area contributed by atoms with Gasteiger partial charge in [-0.3, -0.25) is 14.9 Å². The molecule has 8 heteroatoms. The number of urea groups is 1. The summed E-state index contributed by atoms with van der Waals surface area (Å²) < 4.78 is 5.10. The second-order valence-corrected chi connectivity index (χ2v) is 5.93. The molecular weight excluding hydrogens is 338 g/mol. The number of carbonyl (C=O) groups excluding carboxylic acids is 4. The van der Waals surface area contributed by atoms with Crippen LogP contribution < -0.4 is 16.4 Å². The van der Waals surface area contributed by atoms with Crippen molar-refractivity contribution < 1.29 is 23.9 Å². The molecule has 0 saturated heterocycles. The van der Waals surface area contributed by atoms with E-state index in [2.05, 4.69) is 5.32 Å². The second-order valence-electron chi connectivity index (χ2n) is 5.93. The van der Waals surface area contributed by atoms with E-state index in [0.717, 1.165) is 5.56 Å². The molecule has 0 saturated carbocycles. The number of primary amides is 1. The highest BCUT2D eigenvalue weighted by Gasteiger charge is 2.29. The molecule has 0 aliphatic heterocycles. The molecule has 0 radical (unpaired) electrons. The van der Waals surface area contributed by atoms with E-state index in [9.17, 15) is 19.2 Å². The molecule has 0 unspecified atom stereocenters. The molecule has 0 aliphatic carbocycles. The van der Waals surface area contributed by atoms with Gasteiger partial charge in [0.15, 0.2) is 6.10 Å². The molecule has 2 atom stereocenters. The Balaban J connectivity index is 2.62. The summed E-state index contributed by atoms with van der Waals surface area (Å²) >= 11 is 0. The highest BCUT2D eigenvalue weighted by molar-refractivity contribution is 5.98. The van der Waals surface area contributed by atoms with Crippen molar-refractivity contribution in [2.24, 2.45) is 11.7 Å². The van der Waals surface area contributed by atoms with Gasteiger partial charge >= 0.3 is 12.0 Å². The van der Waals surface area contributed by atoms with Gasteiger partial charge in [-0.05, 0) is 24.5 Å². The van der Waals surface area contributed by atoms with E-state index in [0.29, 0.717) is 0 Å². The number of nitrogens with two attached hydrogens (primary N) is 1. The minimum atomic E-state index is -1.20. The fourth-order valence-corrected chi connectivity index (χ4v) is 1.97. The third-order valence-electron chi connectivity index (χ3n) is 3.29. The molecule has 0 fully saturated rings. The predicted octanol–water partition coefficient (Wildman–Crippen LogP) is 0.967. The van der Waals surface area contributed by atoms with Gasteiger partial charge in [0.1, 0.15) is 6.04 Å². The number of esters is 1. The van der Waals surface area contributed by atoms with Crippen molar-refractivity contribution >= 4 is 29.9 Å². The molecule has 0 heterocycles. The standard InChI is InChI=1S/C18H23N3O5/c1-11(2)15(16(23)21-18(19)25)26-17(24)12(3)20-14(22)10-9-13-7-5-4-6-8-13/h4-12,15H,1-3H3,(H,20,22)(H3,19,21,23,25)/b10-9+/t12-,15-/m0/s1. The van der Waals surface area contributed by atoms with Crippen molar-refractivity contribution in [1.29, 1.82) is 0 Å². The minimum absolute atomic E-state index is 0.390. The molecule has 4 amide bonds. The van der Waals surface area contributed by atoms with Gasteiger partial charge in [-0.15, -0.1) is 0 Å². The van der Waals surface area contributed by atoms with Crippen LogP contribution in [0.3, 0.4) is 0 Å². The van der Waals surface area contributed by atoms with Crippen molar-refractivity contribution in [3.8, 4) is 0 Å². The summed E-state index contributed by atoms with van der Waals surface area (Å²) in [5.74, 6) is -2.49. The quantitative estimate of drug-likeness (QED) is 0.492. The molecule has 0 spiro atoms. The molecule has 4 N–H and O–H groups in total. The average Bonchev–Trinajstić information content (AvgIpc) is 2.57. The number of ether oxygens (including phenoxy) is 1. The first-order chi connectivity index (χ1) is 12.2. The maximum absolute atomic E-state index is 12.1. The first-order valence-electron chi connectivity index (χ1n) is 8.05. The molecule has 1 aromatic carbocycles. The van der Waals surface area contributed by atoms with E-state index in [-0.39, 0.29) is 5.92 Å². The van der Waals surface area contributed by atoms with Gasteiger partial charge in [0.2, 0.25) is 5.91 Å². The fraction of sp³-hybridized carbons (Fsp3) is 0.333. The van der Waals surface area contributed by atoms with Crippen LogP contribution in [-0.4, -0.2) is 36.0 Å². The van der Waals surface area contributed by atoms with E-state index in [1.54, 1.807) is 19.9 Å². The Morgan fingerprint density at radius 3 is 2.23 bits per heavy atom. The van der Waals surface area contributed by atoms with Crippen LogP contribution in [0.2, 0.25) is 0 Å². The molecule has 140 valence electrons. The monoisotopic (exact) mass is 361 g/mol. The number of hydrogen-bond donors (Lipinski definition) is 3. The van der Waals surface area contributed by atoms with Crippen molar-refractivity contribution in [3.63, 3.8) is 0 Å². The summed E-state index contributed by atoms with van der Waals surface area (Å²) in [6, 6.07) is 7.16. The molecule has 8 nitrogen and oxygen atoms in total. The van der Waals surface area contributed by atoms with Crippen LogP contribution in [0.1, 0.15) is 26.3 Å². The summed E-state index contributed by atoms with van der Waals surface area (Å²) in [6.45, 7) is 4.72. The van der Waals surface area contributed by atoms with Crippen molar-refractivity contribution in [2.75, 3.05) is 0 Å². The molecule has 0 aromatic heterocycles. The van der Waals surface area contributed by atoms with Gasteiger partial charge in [0, 0.05) is 6.08 Å². The Morgan fingerprint density at radius 2 is 1.69 bits per heavy atom. The number of nitrogens with one attached hydrogen (secondary N) is 2. The number of hydrogen-bond acceptors (Lipinski definition) is 5. The SMILES string of the molecule is CC(C)[C@H](OC(=O)[C@H](C)NC(=O)/C=C/c1ccccc1)C(=O)NC(N)=O. The van der Waals surface area contributed by atoms with Crippen LogP contribution in [0, 0.1) is 5.92 Å². The Hall–Kier alpha value is -3.16. The summed E-state index contributed by atoms with van der Waals surface area (Å²) in [6.07, 6.45) is 1.69. The zero-order valence-corrected chi connectivity index (χ0v) is 14.9. The Kier molecular flexibility index (Phi) is 8.01. The zero-order valence-electron chi connectivity index (χ0n) is 14.9. The molecule has 26 heavy (non-hydrogen) atoms. The van der Waals surface area contributed by atoms with E-state index in [4.69, 9.17) is 10.5 Å². The topological polar surface area (TPSA) is 128 Å². The van der Waals surface area contributed by atoms with Crippen LogP contribution in [0.4, 0.5) is 4.79 Å². The third-order valence-corrected chi connectivity index (χ3v) is 3.29. The molecule has 1 rings (SSSR count). The second kappa shape index (κ2) is 9.97. The number of carbonyl (C=O) groups is 4. The zero-order chi connectivity index (χ0) is 19.7. The lowest BCUT2D eigenvalue weighted by Gasteiger charge is -2.22. The summed E-state index contributed by atoms with van der Waals surface area (Å²) in [7, 11) is 0. The first kappa shape index (κ1) is 20.9. The smallest absolute Gasteiger partial charge is 0.329 e. The molecule has 0 aliphatic rings. The Labute approximate surface area is 151 Å². The van der Waals surface area contributed by atoms with Crippen molar-refractivity contribution in [3.05, 3.63) is 42.0 Å². The summed E-state index contributed by atoms with van der Waals surface area (Å²) in [5.41, 5.74) is 5.73. The van der Waals surface area contributed by atoms with E-state index >= 15 is 0 Å². The average molecular weight is 361 g/mol. The third kappa shape index (κ3) is 7.16. The van der Waals surface area contributed by atoms with Gasteiger partial charge in [-0.1, -0.05) is 44.2 Å². The van der Waals surface area contributed by atoms with Crippen molar-refractivity contribution in [2.45, 2.75) is 32.9 Å². The normalized spacial score (nSPS) is 13.1. The summed E-state index contributed by atoms with van der Waals surface area (Å²) in [5, 5.41) is 4.32. The van der Waals surface area contributed by atoms with Gasteiger partial charge in [0.25, 0.3) is 5.91 Å². The predicted molar refractivity (Wildman–Crippen MR) is 95.5 cm³/mol.